The number of aromatic nitrogens is 2. The highest BCUT2D eigenvalue weighted by molar-refractivity contribution is 5.98. The molecule has 6 heteroatoms. The standard InChI is InChI=1S/C13H20N4O2/c1-7-13(2,5-6-19-7)15-12(18)11-9(14)10(16-17-11)8-3-4-8/h7-8H,3-6,14H2,1-2H3,(H,15,18)(H,16,17). The van der Waals surface area contributed by atoms with Gasteiger partial charge in [0.25, 0.3) is 5.91 Å². The van der Waals surface area contributed by atoms with E-state index in [-0.39, 0.29) is 17.6 Å². The molecule has 3 rings (SSSR count). The van der Waals surface area contributed by atoms with E-state index >= 15 is 0 Å². The number of nitrogens with two attached hydrogens (primary N) is 1. The van der Waals surface area contributed by atoms with Gasteiger partial charge in [-0.15, -0.1) is 0 Å². The molecule has 2 heterocycles. The van der Waals surface area contributed by atoms with E-state index in [2.05, 4.69) is 15.5 Å². The lowest BCUT2D eigenvalue weighted by Crippen LogP contribution is -2.50. The van der Waals surface area contributed by atoms with Gasteiger partial charge in [-0.3, -0.25) is 9.89 Å². The summed E-state index contributed by atoms with van der Waals surface area (Å²) in [6.45, 7) is 4.63. The van der Waals surface area contributed by atoms with E-state index < -0.39 is 0 Å². The molecule has 1 aromatic heterocycles. The Kier molecular flexibility index (Phi) is 2.78. The van der Waals surface area contributed by atoms with Crippen LogP contribution in [0.15, 0.2) is 0 Å². The second-order valence-electron chi connectivity index (χ2n) is 5.81. The molecule has 0 bridgehead atoms. The highest BCUT2D eigenvalue weighted by atomic mass is 16.5. The van der Waals surface area contributed by atoms with Crippen molar-refractivity contribution in [1.82, 2.24) is 15.5 Å². The third-order valence-corrected chi connectivity index (χ3v) is 4.32. The Morgan fingerprint density at radius 2 is 2.32 bits per heavy atom. The summed E-state index contributed by atoms with van der Waals surface area (Å²) in [6, 6.07) is 0. The van der Waals surface area contributed by atoms with E-state index in [4.69, 9.17) is 10.5 Å². The second-order valence-corrected chi connectivity index (χ2v) is 5.81. The maximum atomic E-state index is 12.3. The first-order valence-corrected chi connectivity index (χ1v) is 6.79. The van der Waals surface area contributed by atoms with Gasteiger partial charge in [-0.25, -0.2) is 0 Å². The first kappa shape index (κ1) is 12.5. The van der Waals surface area contributed by atoms with Gasteiger partial charge in [0, 0.05) is 12.5 Å². The van der Waals surface area contributed by atoms with Crippen molar-refractivity contribution in [2.45, 2.75) is 50.7 Å². The largest absolute Gasteiger partial charge is 0.395 e. The van der Waals surface area contributed by atoms with Crippen LogP contribution in [0.25, 0.3) is 0 Å². The van der Waals surface area contributed by atoms with Gasteiger partial charge in [-0.05, 0) is 33.1 Å². The molecule has 0 radical (unpaired) electrons. The highest BCUT2D eigenvalue weighted by Gasteiger charge is 2.39. The first-order chi connectivity index (χ1) is 9.01. The number of nitrogens with one attached hydrogen (secondary N) is 2. The van der Waals surface area contributed by atoms with E-state index in [1.165, 1.54) is 0 Å². The zero-order chi connectivity index (χ0) is 13.6. The van der Waals surface area contributed by atoms with Crippen LogP contribution in [0.3, 0.4) is 0 Å². The van der Waals surface area contributed by atoms with Crippen LogP contribution in [0.5, 0.6) is 0 Å². The number of nitrogens with zero attached hydrogens (tertiary/aromatic N) is 1. The minimum Gasteiger partial charge on any atom is -0.395 e. The number of carbonyl (C=O) groups excluding carboxylic acids is 1. The molecule has 2 fully saturated rings. The zero-order valence-corrected chi connectivity index (χ0v) is 11.3. The summed E-state index contributed by atoms with van der Waals surface area (Å²) in [5.41, 5.74) is 7.38. The van der Waals surface area contributed by atoms with Crippen molar-refractivity contribution in [3.8, 4) is 0 Å². The quantitative estimate of drug-likeness (QED) is 0.764. The number of nitrogen functional groups attached to an aromatic ring is 1. The summed E-state index contributed by atoms with van der Waals surface area (Å²) >= 11 is 0. The fraction of sp³-hybridized carbons (Fsp3) is 0.692. The summed E-state index contributed by atoms with van der Waals surface area (Å²) in [5, 5.41) is 9.98. The Morgan fingerprint density at radius 3 is 2.89 bits per heavy atom. The molecule has 2 aliphatic rings. The lowest BCUT2D eigenvalue weighted by molar-refractivity contribution is 0.0724. The molecule has 0 aromatic carbocycles. The van der Waals surface area contributed by atoms with E-state index in [0.717, 1.165) is 25.0 Å². The van der Waals surface area contributed by atoms with Gasteiger partial charge in [-0.2, -0.15) is 5.10 Å². The molecule has 6 nitrogen and oxygen atoms in total. The lowest BCUT2D eigenvalue weighted by atomic mass is 9.94. The summed E-state index contributed by atoms with van der Waals surface area (Å²) in [6.07, 6.45) is 3.05. The Labute approximate surface area is 112 Å². The molecule has 1 aliphatic heterocycles. The second kappa shape index (κ2) is 4.23. The third kappa shape index (κ3) is 2.10. The lowest BCUT2D eigenvalue weighted by Gasteiger charge is -2.28. The topological polar surface area (TPSA) is 93.0 Å². The fourth-order valence-electron chi connectivity index (χ4n) is 2.54. The van der Waals surface area contributed by atoms with Crippen molar-refractivity contribution in [2.24, 2.45) is 0 Å². The molecule has 2 atom stereocenters. The van der Waals surface area contributed by atoms with Crippen molar-refractivity contribution in [3.05, 3.63) is 11.4 Å². The number of anilines is 1. The van der Waals surface area contributed by atoms with Crippen LogP contribution in [-0.2, 0) is 4.74 Å². The summed E-state index contributed by atoms with van der Waals surface area (Å²) in [5.74, 6) is 0.235. The molecule has 0 spiro atoms. The number of amides is 1. The van der Waals surface area contributed by atoms with Gasteiger partial charge in [0.1, 0.15) is 0 Å². The number of rotatable bonds is 3. The van der Waals surface area contributed by atoms with Crippen LogP contribution >= 0.6 is 0 Å². The minimum absolute atomic E-state index is 0.000446. The van der Waals surface area contributed by atoms with Crippen LogP contribution in [0, 0.1) is 0 Å². The maximum Gasteiger partial charge on any atom is 0.274 e. The van der Waals surface area contributed by atoms with Gasteiger partial charge >= 0.3 is 0 Å². The maximum absolute atomic E-state index is 12.3. The number of hydrogen-bond donors (Lipinski definition) is 3. The van der Waals surface area contributed by atoms with Gasteiger partial charge in [0.05, 0.1) is 23.0 Å². The first-order valence-electron chi connectivity index (χ1n) is 6.79. The number of H-pyrrole nitrogens is 1. The molecular formula is C13H20N4O2. The summed E-state index contributed by atoms with van der Waals surface area (Å²) < 4.78 is 5.51. The molecule has 4 N–H and O–H groups in total. The normalized spacial score (nSPS) is 30.5. The van der Waals surface area contributed by atoms with E-state index in [1.54, 1.807) is 0 Å². The molecule has 2 unspecified atom stereocenters. The molecular weight excluding hydrogens is 244 g/mol. The highest BCUT2D eigenvalue weighted by Crippen LogP contribution is 2.42. The van der Waals surface area contributed by atoms with E-state index in [0.29, 0.717) is 23.9 Å². The SMILES string of the molecule is CC1OCCC1(C)NC(=O)c1n[nH]c(C2CC2)c1N. The van der Waals surface area contributed by atoms with Gasteiger partial charge in [0.2, 0.25) is 0 Å². The van der Waals surface area contributed by atoms with Crippen molar-refractivity contribution in [2.75, 3.05) is 12.3 Å². The Bertz CT molecular complexity index is 509. The number of hydrogen-bond acceptors (Lipinski definition) is 4. The molecule has 1 amide bonds. The van der Waals surface area contributed by atoms with Gasteiger partial charge in [0.15, 0.2) is 5.69 Å². The molecule has 1 aromatic rings. The number of aromatic amines is 1. The number of ether oxygens (including phenoxy) is 1. The monoisotopic (exact) mass is 264 g/mol. The van der Waals surface area contributed by atoms with Crippen LogP contribution in [-0.4, -0.2) is 34.4 Å². The Morgan fingerprint density at radius 1 is 1.58 bits per heavy atom. The van der Waals surface area contributed by atoms with Crippen molar-refractivity contribution in [3.63, 3.8) is 0 Å². The molecule has 19 heavy (non-hydrogen) atoms. The third-order valence-electron chi connectivity index (χ3n) is 4.32. The molecule has 1 saturated carbocycles. The van der Waals surface area contributed by atoms with Gasteiger partial charge in [-0.1, -0.05) is 0 Å². The molecule has 1 saturated heterocycles. The van der Waals surface area contributed by atoms with Gasteiger partial charge < -0.3 is 15.8 Å². The molecule has 1 aliphatic carbocycles. The predicted molar refractivity (Wildman–Crippen MR) is 70.9 cm³/mol. The predicted octanol–water partition coefficient (Wildman–Crippen LogP) is 1.17. The average Bonchev–Trinajstić information content (AvgIpc) is 3.04. The van der Waals surface area contributed by atoms with Crippen LogP contribution in [0.2, 0.25) is 0 Å². The van der Waals surface area contributed by atoms with Crippen molar-refractivity contribution >= 4 is 11.6 Å². The zero-order valence-electron chi connectivity index (χ0n) is 11.3. The smallest absolute Gasteiger partial charge is 0.274 e. The minimum atomic E-state index is -0.345. The fourth-order valence-corrected chi connectivity index (χ4v) is 2.54. The summed E-state index contributed by atoms with van der Waals surface area (Å²) in [7, 11) is 0. The van der Waals surface area contributed by atoms with Crippen molar-refractivity contribution < 1.29 is 9.53 Å². The summed E-state index contributed by atoms with van der Waals surface area (Å²) in [4.78, 5) is 12.3. The Hall–Kier alpha value is -1.56. The average molecular weight is 264 g/mol. The van der Waals surface area contributed by atoms with Crippen LogP contribution < -0.4 is 11.1 Å². The van der Waals surface area contributed by atoms with Crippen LogP contribution in [0.1, 0.15) is 55.2 Å². The van der Waals surface area contributed by atoms with E-state index in [1.807, 2.05) is 13.8 Å². The molecule has 104 valence electrons. The Balaban J connectivity index is 1.77. The number of carbonyl (C=O) groups is 1. The van der Waals surface area contributed by atoms with Crippen LogP contribution in [0.4, 0.5) is 5.69 Å². The van der Waals surface area contributed by atoms with E-state index in [9.17, 15) is 4.79 Å². The van der Waals surface area contributed by atoms with Crippen molar-refractivity contribution in [1.29, 1.82) is 0 Å².